The highest BCUT2D eigenvalue weighted by molar-refractivity contribution is 5.94. The van der Waals surface area contributed by atoms with Crippen LogP contribution in [0.15, 0.2) is 49.1 Å². The number of benzene rings is 1. The van der Waals surface area contributed by atoms with Gasteiger partial charge in [-0.15, -0.1) is 0 Å². The van der Waals surface area contributed by atoms with E-state index in [1.807, 2.05) is 48.0 Å². The monoisotopic (exact) mass is 351 g/mol. The number of carbonyl (C=O) groups is 1. The summed E-state index contributed by atoms with van der Waals surface area (Å²) in [5, 5.41) is 17.5. The predicted molar refractivity (Wildman–Crippen MR) is 96.0 cm³/mol. The zero-order valence-corrected chi connectivity index (χ0v) is 14.5. The Morgan fingerprint density at radius 3 is 2.77 bits per heavy atom. The zero-order chi connectivity index (χ0) is 18.1. The smallest absolute Gasteiger partial charge is 0.253 e. The highest BCUT2D eigenvalue weighted by Gasteiger charge is 2.34. The topological polar surface area (TPSA) is 87.0 Å². The molecule has 0 unspecified atom stereocenters. The maximum absolute atomic E-state index is 12.8. The summed E-state index contributed by atoms with van der Waals surface area (Å²) in [6.07, 6.45) is 5.42. The van der Waals surface area contributed by atoms with Crippen LogP contribution in [0.25, 0.3) is 5.69 Å². The van der Waals surface area contributed by atoms with Crippen molar-refractivity contribution >= 4 is 5.91 Å². The first-order valence-electron chi connectivity index (χ1n) is 8.67. The zero-order valence-electron chi connectivity index (χ0n) is 14.5. The average Bonchev–Trinajstić information content (AvgIpc) is 3.38. The lowest BCUT2D eigenvalue weighted by Crippen LogP contribution is -2.29. The average molecular weight is 351 g/mol. The number of β-amino-alcohol motifs (C(OH)–C–C–N with tert-alkyl or cyclic N) is 1. The third-order valence-corrected chi connectivity index (χ3v) is 4.84. The Hall–Kier alpha value is -2.93. The molecule has 7 nitrogen and oxygen atoms in total. The van der Waals surface area contributed by atoms with Crippen LogP contribution >= 0.6 is 0 Å². The van der Waals surface area contributed by atoms with Crippen molar-refractivity contribution in [1.29, 1.82) is 0 Å². The molecule has 1 aliphatic rings. The summed E-state index contributed by atoms with van der Waals surface area (Å²) in [7, 11) is 0. The van der Waals surface area contributed by atoms with E-state index < -0.39 is 6.10 Å². The van der Waals surface area contributed by atoms with Crippen LogP contribution in [0.4, 0.5) is 0 Å². The van der Waals surface area contributed by atoms with Gasteiger partial charge in [-0.05, 0) is 43.7 Å². The Labute approximate surface area is 151 Å². The van der Waals surface area contributed by atoms with E-state index in [0.717, 1.165) is 17.1 Å². The van der Waals surface area contributed by atoms with E-state index in [2.05, 4.69) is 15.2 Å². The standard InChI is InChI=1S/C19H21N5O2/c1-13-8-16(22-21-13)9-15-10-24(11-18(15)25)19(26)14-2-4-17(5-3-14)23-7-6-20-12-23/h2-8,12,15,18,25H,9-11H2,1H3,(H,21,22)/t15-,18+/m1/s1. The van der Waals surface area contributed by atoms with Gasteiger partial charge in [0.15, 0.2) is 0 Å². The van der Waals surface area contributed by atoms with Crippen LogP contribution in [0.1, 0.15) is 21.7 Å². The van der Waals surface area contributed by atoms with Crippen LogP contribution in [0.3, 0.4) is 0 Å². The highest BCUT2D eigenvalue weighted by atomic mass is 16.3. The molecule has 4 rings (SSSR count). The molecule has 2 atom stereocenters. The second-order valence-corrected chi connectivity index (χ2v) is 6.80. The molecule has 0 bridgehead atoms. The van der Waals surface area contributed by atoms with Crippen molar-refractivity contribution in [2.24, 2.45) is 5.92 Å². The molecule has 0 saturated carbocycles. The van der Waals surface area contributed by atoms with E-state index in [9.17, 15) is 9.90 Å². The minimum atomic E-state index is -0.527. The van der Waals surface area contributed by atoms with Gasteiger partial charge in [0, 0.05) is 48.3 Å². The fourth-order valence-electron chi connectivity index (χ4n) is 3.44. The van der Waals surface area contributed by atoms with Crippen molar-refractivity contribution in [2.75, 3.05) is 13.1 Å². The number of H-pyrrole nitrogens is 1. The summed E-state index contributed by atoms with van der Waals surface area (Å²) >= 11 is 0. The molecule has 2 N–H and O–H groups in total. The van der Waals surface area contributed by atoms with Crippen LogP contribution < -0.4 is 0 Å². The van der Waals surface area contributed by atoms with Crippen molar-refractivity contribution in [1.82, 2.24) is 24.6 Å². The molecule has 1 aromatic carbocycles. The van der Waals surface area contributed by atoms with Gasteiger partial charge in [-0.1, -0.05) is 0 Å². The number of nitrogens with zero attached hydrogens (tertiary/aromatic N) is 4. The van der Waals surface area contributed by atoms with Crippen molar-refractivity contribution in [2.45, 2.75) is 19.4 Å². The van der Waals surface area contributed by atoms with Gasteiger partial charge >= 0.3 is 0 Å². The normalized spacial score (nSPS) is 19.8. The highest BCUT2D eigenvalue weighted by Crippen LogP contribution is 2.23. The summed E-state index contributed by atoms with van der Waals surface area (Å²) in [6.45, 7) is 2.84. The Bertz CT molecular complexity index is 885. The van der Waals surface area contributed by atoms with Crippen molar-refractivity contribution in [3.63, 3.8) is 0 Å². The number of carbonyl (C=O) groups excluding carboxylic acids is 1. The van der Waals surface area contributed by atoms with Gasteiger partial charge in [0.25, 0.3) is 5.91 Å². The largest absolute Gasteiger partial charge is 0.391 e. The molecule has 1 fully saturated rings. The van der Waals surface area contributed by atoms with Gasteiger partial charge in [-0.3, -0.25) is 9.89 Å². The molecular formula is C19H21N5O2. The van der Waals surface area contributed by atoms with Crippen LogP contribution in [-0.4, -0.2) is 54.9 Å². The molecule has 134 valence electrons. The first-order chi connectivity index (χ1) is 12.6. The number of likely N-dealkylation sites (tertiary alicyclic amines) is 1. The molecule has 1 amide bonds. The van der Waals surface area contributed by atoms with Gasteiger partial charge in [-0.25, -0.2) is 4.98 Å². The van der Waals surface area contributed by atoms with E-state index in [0.29, 0.717) is 25.1 Å². The number of rotatable bonds is 4. The fourth-order valence-corrected chi connectivity index (χ4v) is 3.44. The van der Waals surface area contributed by atoms with Gasteiger partial charge in [0.2, 0.25) is 0 Å². The maximum Gasteiger partial charge on any atom is 0.253 e. The Balaban J connectivity index is 1.43. The van der Waals surface area contributed by atoms with Crippen LogP contribution in [0, 0.1) is 12.8 Å². The van der Waals surface area contributed by atoms with Crippen molar-refractivity contribution < 1.29 is 9.90 Å². The number of aliphatic hydroxyl groups excluding tert-OH is 1. The third-order valence-electron chi connectivity index (χ3n) is 4.84. The number of hydrogen-bond donors (Lipinski definition) is 2. The number of hydrogen-bond acceptors (Lipinski definition) is 4. The molecule has 0 radical (unpaired) electrons. The lowest BCUT2D eigenvalue weighted by Gasteiger charge is -2.16. The first-order valence-corrected chi connectivity index (χ1v) is 8.67. The number of aliphatic hydroxyl groups is 1. The molecular weight excluding hydrogens is 330 g/mol. The van der Waals surface area contributed by atoms with Gasteiger partial charge in [0.05, 0.1) is 18.1 Å². The SMILES string of the molecule is Cc1cc(C[C@@H]2CN(C(=O)c3ccc(-n4ccnc4)cc3)C[C@@H]2O)n[nH]1. The summed E-state index contributed by atoms with van der Waals surface area (Å²) < 4.78 is 1.88. The maximum atomic E-state index is 12.8. The van der Waals surface area contributed by atoms with Crippen LogP contribution in [0.2, 0.25) is 0 Å². The van der Waals surface area contributed by atoms with Gasteiger partial charge in [-0.2, -0.15) is 5.10 Å². The molecule has 0 aliphatic carbocycles. The van der Waals surface area contributed by atoms with Gasteiger partial charge < -0.3 is 14.6 Å². The Kier molecular flexibility index (Phi) is 4.30. The molecule has 3 aromatic rings. The summed E-state index contributed by atoms with van der Waals surface area (Å²) in [5.41, 5.74) is 3.49. The predicted octanol–water partition coefficient (Wildman–Crippen LogP) is 1.58. The van der Waals surface area contributed by atoms with Crippen molar-refractivity contribution in [3.05, 3.63) is 66.0 Å². The molecule has 1 aliphatic heterocycles. The second kappa shape index (κ2) is 6.76. The lowest BCUT2D eigenvalue weighted by atomic mass is 10.0. The van der Waals surface area contributed by atoms with Crippen LogP contribution in [0.5, 0.6) is 0 Å². The molecule has 26 heavy (non-hydrogen) atoms. The number of aromatic amines is 1. The fraction of sp³-hybridized carbons (Fsp3) is 0.316. The summed E-state index contributed by atoms with van der Waals surface area (Å²) in [5.74, 6) is -0.0474. The molecule has 1 saturated heterocycles. The molecule has 3 heterocycles. The van der Waals surface area contributed by atoms with E-state index in [1.165, 1.54) is 0 Å². The third kappa shape index (κ3) is 3.25. The van der Waals surface area contributed by atoms with E-state index in [1.54, 1.807) is 17.4 Å². The number of aryl methyl sites for hydroxylation is 1. The summed E-state index contributed by atoms with van der Waals surface area (Å²) in [6, 6.07) is 9.39. The second-order valence-electron chi connectivity index (χ2n) is 6.80. The number of imidazole rings is 1. The van der Waals surface area contributed by atoms with Crippen molar-refractivity contribution in [3.8, 4) is 5.69 Å². The number of nitrogens with one attached hydrogen (secondary N) is 1. The first kappa shape index (κ1) is 16.5. The Morgan fingerprint density at radius 1 is 1.31 bits per heavy atom. The molecule has 7 heteroatoms. The quantitative estimate of drug-likeness (QED) is 0.747. The van der Waals surface area contributed by atoms with E-state index in [-0.39, 0.29) is 11.8 Å². The Morgan fingerprint density at radius 2 is 2.12 bits per heavy atom. The molecule has 2 aromatic heterocycles. The number of amides is 1. The van der Waals surface area contributed by atoms with Gasteiger partial charge in [0.1, 0.15) is 0 Å². The minimum absolute atomic E-state index is 0.00636. The van der Waals surface area contributed by atoms with E-state index >= 15 is 0 Å². The number of aromatic nitrogens is 4. The van der Waals surface area contributed by atoms with E-state index in [4.69, 9.17) is 0 Å². The lowest BCUT2D eigenvalue weighted by molar-refractivity contribution is 0.0764. The van der Waals surface area contributed by atoms with Crippen LogP contribution in [-0.2, 0) is 6.42 Å². The molecule has 0 spiro atoms. The minimum Gasteiger partial charge on any atom is -0.391 e. The summed E-state index contributed by atoms with van der Waals surface area (Å²) in [4.78, 5) is 18.5.